The van der Waals surface area contributed by atoms with Gasteiger partial charge in [0, 0.05) is 32.2 Å². The van der Waals surface area contributed by atoms with Gasteiger partial charge in [-0.1, -0.05) is 0 Å². The zero-order valence-corrected chi connectivity index (χ0v) is 10.5. The molecule has 3 heterocycles. The Morgan fingerprint density at radius 1 is 1.58 bits per heavy atom. The second kappa shape index (κ2) is 5.08. The van der Waals surface area contributed by atoms with Gasteiger partial charge < -0.3 is 10.5 Å². The summed E-state index contributed by atoms with van der Waals surface area (Å²) >= 11 is 0. The van der Waals surface area contributed by atoms with Gasteiger partial charge in [-0.15, -0.1) is 0 Å². The lowest BCUT2D eigenvalue weighted by Gasteiger charge is -2.31. The van der Waals surface area contributed by atoms with Crippen LogP contribution in [0.4, 0.5) is 0 Å². The van der Waals surface area contributed by atoms with Crippen molar-refractivity contribution in [1.29, 1.82) is 0 Å². The molecule has 19 heavy (non-hydrogen) atoms. The van der Waals surface area contributed by atoms with Gasteiger partial charge in [0.2, 0.25) is 0 Å². The summed E-state index contributed by atoms with van der Waals surface area (Å²) in [6.07, 6.45) is 1.51. The van der Waals surface area contributed by atoms with Crippen molar-refractivity contribution in [3.63, 3.8) is 0 Å². The van der Waals surface area contributed by atoms with E-state index in [0.29, 0.717) is 25.5 Å². The normalized spacial score (nSPS) is 21.0. The van der Waals surface area contributed by atoms with E-state index in [0.717, 1.165) is 18.8 Å². The Hall–Kier alpha value is -1.77. The molecule has 102 valence electrons. The minimum absolute atomic E-state index is 0.0592. The van der Waals surface area contributed by atoms with Crippen LogP contribution in [0.15, 0.2) is 17.2 Å². The monoisotopic (exact) mass is 264 g/mol. The van der Waals surface area contributed by atoms with Crippen LogP contribution >= 0.6 is 0 Å². The minimum atomic E-state index is -0.152. The molecule has 0 bridgehead atoms. The molecule has 8 heteroatoms. The van der Waals surface area contributed by atoms with Crippen LogP contribution in [0.25, 0.3) is 5.78 Å². The first-order chi connectivity index (χ1) is 9.26. The molecule has 1 aliphatic heterocycles. The van der Waals surface area contributed by atoms with Crippen molar-refractivity contribution in [2.45, 2.75) is 12.6 Å². The summed E-state index contributed by atoms with van der Waals surface area (Å²) in [5, 5.41) is 2.72. The van der Waals surface area contributed by atoms with Crippen molar-refractivity contribution in [2.24, 2.45) is 5.73 Å². The van der Waals surface area contributed by atoms with Crippen LogP contribution in [0.1, 0.15) is 5.69 Å². The average molecular weight is 264 g/mol. The van der Waals surface area contributed by atoms with E-state index in [1.54, 1.807) is 0 Å². The molecule has 8 nitrogen and oxygen atoms in total. The number of nitrogens with zero attached hydrogens (tertiary/aromatic N) is 4. The molecule has 1 aliphatic rings. The fourth-order valence-electron chi connectivity index (χ4n) is 2.25. The number of nitrogens with one attached hydrogen (secondary N) is 1. The lowest BCUT2D eigenvalue weighted by Crippen LogP contribution is -2.45. The Morgan fingerprint density at radius 2 is 2.47 bits per heavy atom. The quantitative estimate of drug-likeness (QED) is 0.705. The van der Waals surface area contributed by atoms with Gasteiger partial charge in [-0.05, 0) is 0 Å². The van der Waals surface area contributed by atoms with Crippen molar-refractivity contribution in [3.05, 3.63) is 28.4 Å². The number of hydrogen-bond donors (Lipinski definition) is 2. The summed E-state index contributed by atoms with van der Waals surface area (Å²) in [4.78, 5) is 22.3. The van der Waals surface area contributed by atoms with Crippen LogP contribution in [0.2, 0.25) is 0 Å². The highest BCUT2D eigenvalue weighted by Gasteiger charge is 2.20. The highest BCUT2D eigenvalue weighted by atomic mass is 16.5. The van der Waals surface area contributed by atoms with Gasteiger partial charge in [-0.2, -0.15) is 4.52 Å². The van der Waals surface area contributed by atoms with Gasteiger partial charge in [0.05, 0.1) is 18.4 Å². The molecular formula is C11H16N6O2. The van der Waals surface area contributed by atoms with Crippen LogP contribution in [-0.4, -0.2) is 56.8 Å². The van der Waals surface area contributed by atoms with Gasteiger partial charge in [0.25, 0.3) is 11.3 Å². The number of ether oxygens (including phenoxy) is 1. The van der Waals surface area contributed by atoms with Crippen molar-refractivity contribution < 1.29 is 4.74 Å². The highest BCUT2D eigenvalue weighted by molar-refractivity contribution is 5.25. The number of H-pyrrole nitrogens is 1. The first kappa shape index (κ1) is 12.3. The van der Waals surface area contributed by atoms with Gasteiger partial charge >= 0.3 is 0 Å². The summed E-state index contributed by atoms with van der Waals surface area (Å²) < 4.78 is 6.82. The minimum Gasteiger partial charge on any atom is -0.374 e. The number of rotatable bonds is 3. The van der Waals surface area contributed by atoms with Gasteiger partial charge in [0.1, 0.15) is 6.33 Å². The van der Waals surface area contributed by atoms with Crippen molar-refractivity contribution in [3.8, 4) is 0 Å². The maximum Gasteiger partial charge on any atom is 0.274 e. The van der Waals surface area contributed by atoms with E-state index in [1.165, 1.54) is 16.9 Å². The predicted octanol–water partition coefficient (Wildman–Crippen LogP) is -1.42. The van der Waals surface area contributed by atoms with Crippen molar-refractivity contribution in [2.75, 3.05) is 26.2 Å². The second-order valence-electron chi connectivity index (χ2n) is 4.57. The fraction of sp³-hybridized carbons (Fsp3) is 0.545. The Bertz CT molecular complexity index is 621. The molecule has 0 saturated carbocycles. The molecule has 0 spiro atoms. The van der Waals surface area contributed by atoms with Crippen LogP contribution in [0.3, 0.4) is 0 Å². The lowest BCUT2D eigenvalue weighted by molar-refractivity contribution is -0.0264. The molecule has 0 amide bonds. The van der Waals surface area contributed by atoms with E-state index in [4.69, 9.17) is 10.5 Å². The van der Waals surface area contributed by atoms with E-state index < -0.39 is 0 Å². The van der Waals surface area contributed by atoms with Crippen LogP contribution in [0.5, 0.6) is 0 Å². The zero-order valence-electron chi connectivity index (χ0n) is 10.5. The zero-order chi connectivity index (χ0) is 13.2. The third kappa shape index (κ3) is 2.50. The van der Waals surface area contributed by atoms with Gasteiger partial charge in [0.15, 0.2) is 0 Å². The Kier molecular flexibility index (Phi) is 3.28. The Morgan fingerprint density at radius 3 is 3.32 bits per heavy atom. The number of aromatic nitrogens is 4. The maximum atomic E-state index is 11.8. The average Bonchev–Trinajstić information content (AvgIpc) is 2.88. The molecule has 2 aromatic heterocycles. The molecule has 0 aliphatic carbocycles. The molecule has 1 atom stereocenters. The van der Waals surface area contributed by atoms with Crippen LogP contribution in [-0.2, 0) is 11.3 Å². The summed E-state index contributed by atoms with van der Waals surface area (Å²) in [7, 11) is 0. The lowest BCUT2D eigenvalue weighted by atomic mass is 10.2. The molecule has 0 radical (unpaired) electrons. The summed E-state index contributed by atoms with van der Waals surface area (Å²) in [6, 6.07) is 1.53. The first-order valence-electron chi connectivity index (χ1n) is 6.22. The Labute approximate surface area is 109 Å². The second-order valence-corrected chi connectivity index (χ2v) is 4.57. The number of fused-ring (bicyclic) bond motifs is 1. The van der Waals surface area contributed by atoms with E-state index in [-0.39, 0.29) is 11.7 Å². The summed E-state index contributed by atoms with van der Waals surface area (Å²) in [5.74, 6) is 0.395. The molecule has 2 aromatic rings. The molecule has 1 fully saturated rings. The third-order valence-electron chi connectivity index (χ3n) is 3.19. The maximum absolute atomic E-state index is 11.8. The van der Waals surface area contributed by atoms with Gasteiger partial charge in [-0.25, -0.2) is 9.97 Å². The summed E-state index contributed by atoms with van der Waals surface area (Å²) in [6.45, 7) is 3.35. The predicted molar refractivity (Wildman–Crippen MR) is 67.7 cm³/mol. The smallest absolute Gasteiger partial charge is 0.274 e. The van der Waals surface area contributed by atoms with E-state index in [2.05, 4.69) is 20.0 Å². The first-order valence-corrected chi connectivity index (χ1v) is 6.22. The molecule has 3 N–H and O–H groups in total. The van der Waals surface area contributed by atoms with E-state index >= 15 is 0 Å². The molecular weight excluding hydrogens is 248 g/mol. The standard InChI is InChI=1S/C11H16N6O2/c12-4-9-6-16(1-2-19-9)5-8-3-10(18)17-11(15-8)13-7-14-17/h3,7,9H,1-2,4-6,12H2,(H,13,14,15). The third-order valence-corrected chi connectivity index (χ3v) is 3.19. The SMILES string of the molecule is NCC1CN(Cc2cc(=O)n3[nH]cnc3n2)CCO1. The van der Waals surface area contributed by atoms with E-state index in [9.17, 15) is 4.79 Å². The van der Waals surface area contributed by atoms with Crippen molar-refractivity contribution in [1.82, 2.24) is 24.5 Å². The van der Waals surface area contributed by atoms with Gasteiger partial charge in [-0.3, -0.25) is 14.8 Å². The van der Waals surface area contributed by atoms with Crippen molar-refractivity contribution >= 4 is 5.78 Å². The summed E-state index contributed by atoms with van der Waals surface area (Å²) in [5.41, 5.74) is 6.17. The molecule has 3 rings (SSSR count). The molecule has 1 saturated heterocycles. The fourth-order valence-corrected chi connectivity index (χ4v) is 2.25. The number of aromatic amines is 1. The largest absolute Gasteiger partial charge is 0.374 e. The number of nitrogens with two attached hydrogens (primary N) is 1. The van der Waals surface area contributed by atoms with Crippen LogP contribution in [0, 0.1) is 0 Å². The molecule has 0 aromatic carbocycles. The van der Waals surface area contributed by atoms with E-state index in [1.807, 2.05) is 0 Å². The Balaban J connectivity index is 1.79. The highest BCUT2D eigenvalue weighted by Crippen LogP contribution is 2.08. The topological polar surface area (TPSA) is 102 Å². The number of morpholine rings is 1. The molecule has 1 unspecified atom stereocenters. The number of hydrogen-bond acceptors (Lipinski definition) is 6. The van der Waals surface area contributed by atoms with Crippen LogP contribution < -0.4 is 11.3 Å².